The predicted molar refractivity (Wildman–Crippen MR) is 105 cm³/mol. The summed E-state index contributed by atoms with van der Waals surface area (Å²) in [7, 11) is 0. The Morgan fingerprint density at radius 2 is 2.24 bits per heavy atom. The van der Waals surface area contributed by atoms with Crippen LogP contribution in [-0.4, -0.2) is 34.5 Å². The summed E-state index contributed by atoms with van der Waals surface area (Å²) < 4.78 is 5.14. The Morgan fingerprint density at radius 3 is 3.00 bits per heavy atom. The molecule has 0 amide bonds. The van der Waals surface area contributed by atoms with Crippen molar-refractivity contribution in [1.29, 1.82) is 0 Å². The summed E-state index contributed by atoms with van der Waals surface area (Å²) in [6.45, 7) is 3.83. The van der Waals surface area contributed by atoms with Gasteiger partial charge in [-0.1, -0.05) is 6.07 Å². The van der Waals surface area contributed by atoms with E-state index in [1.165, 1.54) is 5.56 Å². The standard InChI is InChI=1S/C17H18N4OS.2ClH/c1-2-13(8-18-4-1)16-9-19-5-6-21(16)10-15-12-23-17(20-15)14-3-7-22-11-14;;/h1-4,7-8,11-12,16,19H,5-6,9-10H2;2*1H. The molecule has 3 aromatic heterocycles. The molecular formula is C17H20Cl2N4OS. The first-order valence-corrected chi connectivity index (χ1v) is 8.60. The second-order valence-electron chi connectivity index (χ2n) is 5.63. The third kappa shape index (κ3) is 4.59. The van der Waals surface area contributed by atoms with Crippen molar-refractivity contribution in [1.82, 2.24) is 20.2 Å². The molecule has 1 saturated heterocycles. The van der Waals surface area contributed by atoms with Crippen LogP contribution in [0.5, 0.6) is 0 Å². The quantitative estimate of drug-likeness (QED) is 0.724. The van der Waals surface area contributed by atoms with Gasteiger partial charge in [-0.25, -0.2) is 4.98 Å². The third-order valence-corrected chi connectivity index (χ3v) is 5.05. The normalized spacial score (nSPS) is 17.5. The number of pyridine rings is 1. The lowest BCUT2D eigenvalue weighted by atomic mass is 10.1. The molecule has 1 aliphatic heterocycles. The van der Waals surface area contributed by atoms with Gasteiger partial charge in [-0.05, 0) is 17.7 Å². The van der Waals surface area contributed by atoms with Crippen LogP contribution < -0.4 is 5.32 Å². The monoisotopic (exact) mass is 398 g/mol. The molecule has 1 aliphatic rings. The van der Waals surface area contributed by atoms with E-state index in [1.54, 1.807) is 23.9 Å². The van der Waals surface area contributed by atoms with Crippen LogP contribution in [0.4, 0.5) is 0 Å². The second-order valence-corrected chi connectivity index (χ2v) is 6.49. The maximum Gasteiger partial charge on any atom is 0.126 e. The number of rotatable bonds is 4. The summed E-state index contributed by atoms with van der Waals surface area (Å²) in [5.74, 6) is 0. The molecular weight excluding hydrogens is 379 g/mol. The van der Waals surface area contributed by atoms with Gasteiger partial charge in [-0.3, -0.25) is 9.88 Å². The van der Waals surface area contributed by atoms with Gasteiger partial charge in [0.05, 0.1) is 12.0 Å². The average molecular weight is 399 g/mol. The van der Waals surface area contributed by atoms with E-state index in [-0.39, 0.29) is 24.8 Å². The molecule has 134 valence electrons. The van der Waals surface area contributed by atoms with Crippen molar-refractivity contribution in [2.75, 3.05) is 19.6 Å². The molecule has 0 aromatic carbocycles. The van der Waals surface area contributed by atoms with Crippen LogP contribution in [0.15, 0.2) is 52.9 Å². The van der Waals surface area contributed by atoms with Gasteiger partial charge < -0.3 is 9.73 Å². The predicted octanol–water partition coefficient (Wildman–Crippen LogP) is 3.79. The van der Waals surface area contributed by atoms with E-state index in [2.05, 4.69) is 26.6 Å². The SMILES string of the molecule is Cl.Cl.c1cncc(C2CNCCN2Cc2csc(-c3ccoc3)n2)c1. The van der Waals surface area contributed by atoms with Gasteiger partial charge in [0.1, 0.15) is 11.3 Å². The molecule has 1 N–H and O–H groups in total. The molecule has 3 aromatic rings. The topological polar surface area (TPSA) is 54.2 Å². The number of furan rings is 1. The van der Waals surface area contributed by atoms with Crippen molar-refractivity contribution in [2.45, 2.75) is 12.6 Å². The van der Waals surface area contributed by atoms with E-state index in [0.717, 1.165) is 42.4 Å². The van der Waals surface area contributed by atoms with E-state index >= 15 is 0 Å². The zero-order valence-corrected chi connectivity index (χ0v) is 15.9. The molecule has 0 bridgehead atoms. The first-order chi connectivity index (χ1) is 11.4. The molecule has 5 nitrogen and oxygen atoms in total. The summed E-state index contributed by atoms with van der Waals surface area (Å²) in [6, 6.07) is 6.44. The Labute approximate surface area is 163 Å². The summed E-state index contributed by atoms with van der Waals surface area (Å²) in [5.41, 5.74) is 3.41. The van der Waals surface area contributed by atoms with Gasteiger partial charge in [0.25, 0.3) is 0 Å². The molecule has 1 atom stereocenters. The van der Waals surface area contributed by atoms with E-state index in [0.29, 0.717) is 6.04 Å². The Kier molecular flexibility index (Phi) is 7.40. The summed E-state index contributed by atoms with van der Waals surface area (Å²) in [6.07, 6.45) is 7.21. The average Bonchev–Trinajstić information content (AvgIpc) is 3.27. The van der Waals surface area contributed by atoms with E-state index in [1.807, 2.05) is 24.5 Å². The lowest BCUT2D eigenvalue weighted by molar-refractivity contribution is 0.152. The zero-order valence-electron chi connectivity index (χ0n) is 13.5. The maximum absolute atomic E-state index is 5.14. The molecule has 4 heterocycles. The zero-order chi connectivity index (χ0) is 15.5. The van der Waals surface area contributed by atoms with E-state index in [9.17, 15) is 0 Å². The van der Waals surface area contributed by atoms with Crippen LogP contribution >= 0.6 is 36.2 Å². The number of nitrogens with one attached hydrogen (secondary N) is 1. The lowest BCUT2D eigenvalue weighted by Crippen LogP contribution is -2.45. The number of piperazine rings is 1. The van der Waals surface area contributed by atoms with Crippen molar-refractivity contribution in [3.8, 4) is 10.6 Å². The second kappa shape index (κ2) is 9.31. The smallest absolute Gasteiger partial charge is 0.126 e. The molecule has 1 unspecified atom stereocenters. The van der Waals surface area contributed by atoms with Crippen molar-refractivity contribution in [3.05, 3.63) is 59.8 Å². The maximum atomic E-state index is 5.14. The van der Waals surface area contributed by atoms with Crippen LogP contribution in [0.2, 0.25) is 0 Å². The fraction of sp³-hybridized carbons (Fsp3) is 0.294. The van der Waals surface area contributed by atoms with Gasteiger partial charge in [0.2, 0.25) is 0 Å². The minimum absolute atomic E-state index is 0. The number of hydrogen-bond donors (Lipinski definition) is 1. The van der Waals surface area contributed by atoms with E-state index in [4.69, 9.17) is 9.40 Å². The van der Waals surface area contributed by atoms with Crippen LogP contribution in [0.25, 0.3) is 10.6 Å². The first-order valence-electron chi connectivity index (χ1n) is 7.72. The minimum atomic E-state index is 0. The molecule has 0 saturated carbocycles. The van der Waals surface area contributed by atoms with Gasteiger partial charge in [0.15, 0.2) is 0 Å². The Bertz CT molecular complexity index is 751. The summed E-state index contributed by atoms with van der Waals surface area (Å²) >= 11 is 1.67. The van der Waals surface area contributed by atoms with Crippen LogP contribution in [0.3, 0.4) is 0 Å². The highest BCUT2D eigenvalue weighted by Gasteiger charge is 2.24. The molecule has 1 fully saturated rings. The van der Waals surface area contributed by atoms with Crippen molar-refractivity contribution < 1.29 is 4.42 Å². The van der Waals surface area contributed by atoms with Gasteiger partial charge >= 0.3 is 0 Å². The number of thiazole rings is 1. The van der Waals surface area contributed by atoms with Crippen LogP contribution in [-0.2, 0) is 6.54 Å². The molecule has 4 rings (SSSR count). The van der Waals surface area contributed by atoms with Crippen molar-refractivity contribution in [3.63, 3.8) is 0 Å². The highest BCUT2D eigenvalue weighted by atomic mass is 35.5. The summed E-state index contributed by atoms with van der Waals surface area (Å²) in [5, 5.41) is 6.64. The van der Waals surface area contributed by atoms with Crippen molar-refractivity contribution in [2.24, 2.45) is 0 Å². The fourth-order valence-corrected chi connectivity index (χ4v) is 3.74. The van der Waals surface area contributed by atoms with Gasteiger partial charge in [0, 0.05) is 55.6 Å². The third-order valence-electron chi connectivity index (χ3n) is 4.11. The van der Waals surface area contributed by atoms with Gasteiger partial charge in [-0.2, -0.15) is 0 Å². The molecule has 0 aliphatic carbocycles. The van der Waals surface area contributed by atoms with Crippen LogP contribution in [0.1, 0.15) is 17.3 Å². The number of hydrogen-bond acceptors (Lipinski definition) is 6. The fourth-order valence-electron chi connectivity index (χ4n) is 2.94. The number of aromatic nitrogens is 2. The first kappa shape index (κ1) is 19.9. The largest absolute Gasteiger partial charge is 0.472 e. The Balaban J connectivity index is 0.00000113. The Hall–Kier alpha value is -1.44. The Morgan fingerprint density at radius 1 is 1.32 bits per heavy atom. The number of nitrogens with zero attached hydrogens (tertiary/aromatic N) is 3. The van der Waals surface area contributed by atoms with E-state index < -0.39 is 0 Å². The van der Waals surface area contributed by atoms with Gasteiger partial charge in [-0.15, -0.1) is 36.2 Å². The molecule has 25 heavy (non-hydrogen) atoms. The van der Waals surface area contributed by atoms with Crippen molar-refractivity contribution >= 4 is 36.2 Å². The molecule has 8 heteroatoms. The number of halogens is 2. The van der Waals surface area contributed by atoms with Crippen LogP contribution in [0, 0.1) is 0 Å². The molecule has 0 radical (unpaired) electrons. The highest BCUT2D eigenvalue weighted by molar-refractivity contribution is 7.13. The molecule has 0 spiro atoms. The highest BCUT2D eigenvalue weighted by Crippen LogP contribution is 2.27. The lowest BCUT2D eigenvalue weighted by Gasteiger charge is -2.35. The summed E-state index contributed by atoms with van der Waals surface area (Å²) in [4.78, 5) is 11.5. The minimum Gasteiger partial charge on any atom is -0.472 e.